The van der Waals surface area contributed by atoms with E-state index in [0.29, 0.717) is 6.54 Å². The van der Waals surface area contributed by atoms with Gasteiger partial charge in [0.15, 0.2) is 0 Å². The summed E-state index contributed by atoms with van der Waals surface area (Å²) in [5, 5.41) is 2.87. The van der Waals surface area contributed by atoms with Crippen LogP contribution in [0.25, 0.3) is 0 Å². The Hall–Kier alpha value is -1.26. The summed E-state index contributed by atoms with van der Waals surface area (Å²) in [6.45, 7) is 7.52. The molecule has 2 amide bonds. The van der Waals surface area contributed by atoms with Crippen LogP contribution in [-0.4, -0.2) is 55.1 Å². The first kappa shape index (κ1) is 18.8. The normalized spacial score (nSPS) is 15.2. The molecule has 0 bridgehead atoms. The number of piperazine rings is 1. The summed E-state index contributed by atoms with van der Waals surface area (Å²) in [5.74, 6) is 0. The quantitative estimate of drug-likeness (QED) is 0.816. The molecule has 0 aliphatic carbocycles. The van der Waals surface area contributed by atoms with Gasteiger partial charge in [-0.15, -0.1) is 12.4 Å². The Morgan fingerprint density at radius 3 is 2.41 bits per heavy atom. The molecule has 0 aromatic heterocycles. The van der Waals surface area contributed by atoms with Gasteiger partial charge in [-0.3, -0.25) is 4.90 Å². The molecule has 5 heteroatoms. The number of nitrogens with one attached hydrogen (secondary N) is 1. The monoisotopic (exact) mass is 325 g/mol. The summed E-state index contributed by atoms with van der Waals surface area (Å²) in [7, 11) is 0. The standard InChI is InChI=1S/C17H27N3O.ClH/c1-2-18-17(21)20-14-12-19(13-15-20)11-7-6-10-16-8-4-3-5-9-16;/h3-5,8-9H,2,6-7,10-15H2,1H3,(H,18,21);1H. The molecule has 1 aliphatic rings. The lowest BCUT2D eigenvalue weighted by atomic mass is 10.1. The number of halogens is 1. The first-order valence-electron chi connectivity index (χ1n) is 8.08. The summed E-state index contributed by atoms with van der Waals surface area (Å²) >= 11 is 0. The maximum Gasteiger partial charge on any atom is 0.317 e. The van der Waals surface area contributed by atoms with E-state index in [2.05, 4.69) is 40.5 Å². The van der Waals surface area contributed by atoms with E-state index in [1.54, 1.807) is 0 Å². The molecule has 1 N–H and O–H groups in total. The minimum Gasteiger partial charge on any atom is -0.338 e. The number of benzene rings is 1. The number of unbranched alkanes of at least 4 members (excludes halogenated alkanes) is 1. The average Bonchev–Trinajstić information content (AvgIpc) is 2.53. The van der Waals surface area contributed by atoms with Crippen molar-refractivity contribution >= 4 is 18.4 Å². The Balaban J connectivity index is 0.00000242. The van der Waals surface area contributed by atoms with Gasteiger partial charge in [0, 0.05) is 32.7 Å². The van der Waals surface area contributed by atoms with Crippen LogP contribution in [0.15, 0.2) is 30.3 Å². The smallest absolute Gasteiger partial charge is 0.317 e. The first-order chi connectivity index (χ1) is 10.3. The van der Waals surface area contributed by atoms with Crippen molar-refractivity contribution in [1.29, 1.82) is 0 Å². The predicted octanol–water partition coefficient (Wildman–Crippen LogP) is 2.78. The van der Waals surface area contributed by atoms with Gasteiger partial charge in [0.2, 0.25) is 0 Å². The second-order valence-electron chi connectivity index (χ2n) is 5.61. The maximum absolute atomic E-state index is 11.7. The lowest BCUT2D eigenvalue weighted by Crippen LogP contribution is -2.51. The molecule has 1 aromatic carbocycles. The lowest BCUT2D eigenvalue weighted by molar-refractivity contribution is 0.138. The SMILES string of the molecule is CCNC(=O)N1CCN(CCCCc2ccccc2)CC1.Cl. The molecule has 2 rings (SSSR count). The van der Waals surface area contributed by atoms with E-state index in [-0.39, 0.29) is 18.4 Å². The number of amides is 2. The molecule has 1 aliphatic heterocycles. The van der Waals surface area contributed by atoms with E-state index in [9.17, 15) is 4.79 Å². The Labute approximate surface area is 140 Å². The molecule has 124 valence electrons. The van der Waals surface area contributed by atoms with E-state index < -0.39 is 0 Å². The number of urea groups is 1. The second kappa shape index (κ2) is 10.5. The van der Waals surface area contributed by atoms with Gasteiger partial charge in [-0.25, -0.2) is 4.79 Å². The van der Waals surface area contributed by atoms with Gasteiger partial charge in [-0.2, -0.15) is 0 Å². The van der Waals surface area contributed by atoms with Crippen LogP contribution in [0.2, 0.25) is 0 Å². The number of carbonyl (C=O) groups excluding carboxylic acids is 1. The van der Waals surface area contributed by atoms with Crippen molar-refractivity contribution in [3.63, 3.8) is 0 Å². The van der Waals surface area contributed by atoms with Gasteiger partial charge in [0.1, 0.15) is 0 Å². The molecule has 4 nitrogen and oxygen atoms in total. The highest BCUT2D eigenvalue weighted by atomic mass is 35.5. The van der Waals surface area contributed by atoms with Gasteiger partial charge in [0.25, 0.3) is 0 Å². The number of hydrogen-bond donors (Lipinski definition) is 1. The Morgan fingerprint density at radius 2 is 1.77 bits per heavy atom. The summed E-state index contributed by atoms with van der Waals surface area (Å²) in [6.07, 6.45) is 3.64. The minimum atomic E-state index is 0. The van der Waals surface area contributed by atoms with E-state index in [0.717, 1.165) is 32.7 Å². The highest BCUT2D eigenvalue weighted by Crippen LogP contribution is 2.07. The Kier molecular flexibility index (Phi) is 8.94. The topological polar surface area (TPSA) is 35.6 Å². The van der Waals surface area contributed by atoms with E-state index in [1.165, 1.54) is 24.8 Å². The molecule has 1 fully saturated rings. The van der Waals surface area contributed by atoms with Crippen LogP contribution in [0.4, 0.5) is 4.79 Å². The van der Waals surface area contributed by atoms with Gasteiger partial charge in [-0.05, 0) is 38.3 Å². The molecule has 1 saturated heterocycles. The molecule has 0 radical (unpaired) electrons. The summed E-state index contributed by atoms with van der Waals surface area (Å²) < 4.78 is 0. The molecule has 1 aromatic rings. The Bertz CT molecular complexity index is 419. The molecular weight excluding hydrogens is 298 g/mol. The van der Waals surface area contributed by atoms with Gasteiger partial charge in [-0.1, -0.05) is 30.3 Å². The average molecular weight is 326 g/mol. The third-order valence-corrected chi connectivity index (χ3v) is 4.02. The molecule has 0 spiro atoms. The summed E-state index contributed by atoms with van der Waals surface area (Å²) in [5.41, 5.74) is 1.43. The van der Waals surface area contributed by atoms with Crippen molar-refractivity contribution in [2.45, 2.75) is 26.2 Å². The highest BCUT2D eigenvalue weighted by molar-refractivity contribution is 5.85. The van der Waals surface area contributed by atoms with Crippen LogP contribution in [0.1, 0.15) is 25.3 Å². The van der Waals surface area contributed by atoms with Gasteiger partial charge < -0.3 is 10.2 Å². The number of aryl methyl sites for hydroxylation is 1. The minimum absolute atomic E-state index is 0. The van der Waals surface area contributed by atoms with Crippen molar-refractivity contribution in [1.82, 2.24) is 15.1 Å². The summed E-state index contributed by atoms with van der Waals surface area (Å²) in [4.78, 5) is 16.1. The zero-order valence-corrected chi connectivity index (χ0v) is 14.3. The van der Waals surface area contributed by atoms with Crippen molar-refractivity contribution in [3.8, 4) is 0 Å². The summed E-state index contributed by atoms with van der Waals surface area (Å²) in [6, 6.07) is 10.8. The molecule has 22 heavy (non-hydrogen) atoms. The number of nitrogens with zero attached hydrogens (tertiary/aromatic N) is 2. The van der Waals surface area contributed by atoms with Crippen molar-refractivity contribution in [3.05, 3.63) is 35.9 Å². The lowest BCUT2D eigenvalue weighted by Gasteiger charge is -2.34. The van der Waals surface area contributed by atoms with Crippen LogP contribution in [0.3, 0.4) is 0 Å². The van der Waals surface area contributed by atoms with Gasteiger partial charge >= 0.3 is 6.03 Å². The van der Waals surface area contributed by atoms with Crippen LogP contribution in [-0.2, 0) is 6.42 Å². The molecule has 0 unspecified atom stereocenters. The fraction of sp³-hybridized carbons (Fsp3) is 0.588. The van der Waals surface area contributed by atoms with Crippen molar-refractivity contribution in [2.75, 3.05) is 39.3 Å². The van der Waals surface area contributed by atoms with E-state index in [4.69, 9.17) is 0 Å². The maximum atomic E-state index is 11.7. The first-order valence-corrected chi connectivity index (χ1v) is 8.08. The predicted molar refractivity (Wildman–Crippen MR) is 93.7 cm³/mol. The van der Waals surface area contributed by atoms with E-state index in [1.807, 2.05) is 11.8 Å². The zero-order chi connectivity index (χ0) is 14.9. The second-order valence-corrected chi connectivity index (χ2v) is 5.61. The van der Waals surface area contributed by atoms with Crippen molar-refractivity contribution in [2.24, 2.45) is 0 Å². The molecular formula is C17H28ClN3O. The van der Waals surface area contributed by atoms with Crippen LogP contribution in [0.5, 0.6) is 0 Å². The van der Waals surface area contributed by atoms with Crippen molar-refractivity contribution < 1.29 is 4.79 Å². The number of rotatable bonds is 6. The highest BCUT2D eigenvalue weighted by Gasteiger charge is 2.19. The molecule has 1 heterocycles. The fourth-order valence-electron chi connectivity index (χ4n) is 2.75. The fourth-order valence-corrected chi connectivity index (χ4v) is 2.75. The van der Waals surface area contributed by atoms with Crippen LogP contribution in [0, 0.1) is 0 Å². The number of carbonyl (C=O) groups is 1. The Morgan fingerprint density at radius 1 is 1.09 bits per heavy atom. The third kappa shape index (κ3) is 6.24. The third-order valence-electron chi connectivity index (χ3n) is 4.02. The van der Waals surface area contributed by atoms with Crippen LogP contribution < -0.4 is 5.32 Å². The largest absolute Gasteiger partial charge is 0.338 e. The van der Waals surface area contributed by atoms with Crippen LogP contribution >= 0.6 is 12.4 Å². The van der Waals surface area contributed by atoms with E-state index >= 15 is 0 Å². The molecule has 0 saturated carbocycles. The van der Waals surface area contributed by atoms with Gasteiger partial charge in [0.05, 0.1) is 0 Å². The zero-order valence-electron chi connectivity index (χ0n) is 13.5. The number of hydrogen-bond acceptors (Lipinski definition) is 2. The molecule has 0 atom stereocenters.